The lowest BCUT2D eigenvalue weighted by Gasteiger charge is -2.11. The maximum absolute atomic E-state index is 12.6. The van der Waals surface area contributed by atoms with Crippen molar-refractivity contribution in [3.8, 4) is 0 Å². The molecule has 2 rings (SSSR count). The van der Waals surface area contributed by atoms with Gasteiger partial charge in [0.15, 0.2) is 0 Å². The van der Waals surface area contributed by atoms with E-state index in [1.807, 2.05) is 0 Å². The normalized spacial score (nSPS) is 11.1. The van der Waals surface area contributed by atoms with E-state index in [4.69, 9.17) is 23.2 Å². The van der Waals surface area contributed by atoms with E-state index < -0.39 is 17.8 Å². The van der Waals surface area contributed by atoms with Crippen LogP contribution in [0.1, 0.15) is 5.56 Å². The molecule has 0 aliphatic heterocycles. The average Bonchev–Trinajstić information content (AvgIpc) is 2.42. The lowest BCUT2D eigenvalue weighted by atomic mass is 10.2. The molecule has 116 valence electrons. The summed E-state index contributed by atoms with van der Waals surface area (Å²) in [6.07, 6.45) is -4.48. The zero-order chi connectivity index (χ0) is 16.3. The number of benzene rings is 2. The van der Waals surface area contributed by atoms with Crippen LogP contribution in [-0.2, 0) is 6.18 Å². The summed E-state index contributed by atoms with van der Waals surface area (Å²) in [4.78, 5) is 11.8. The van der Waals surface area contributed by atoms with Crippen molar-refractivity contribution < 1.29 is 18.0 Å². The van der Waals surface area contributed by atoms with Crippen molar-refractivity contribution in [1.82, 2.24) is 0 Å². The molecule has 0 heterocycles. The maximum Gasteiger partial charge on any atom is 0.416 e. The number of halogens is 5. The monoisotopic (exact) mass is 348 g/mol. The van der Waals surface area contributed by atoms with E-state index in [9.17, 15) is 18.0 Å². The molecule has 0 atom stereocenters. The number of rotatable bonds is 2. The van der Waals surface area contributed by atoms with Crippen LogP contribution >= 0.6 is 23.2 Å². The van der Waals surface area contributed by atoms with Crippen molar-refractivity contribution in [2.45, 2.75) is 6.18 Å². The standard InChI is InChI=1S/C14H9Cl2F3N2O/c15-9-4-5-11(16)12(7-9)21-13(22)20-10-3-1-2-8(6-10)14(17,18)19/h1-7H,(H2,20,21,22). The molecule has 0 spiro atoms. The molecular weight excluding hydrogens is 340 g/mol. The van der Waals surface area contributed by atoms with Gasteiger partial charge in [-0.05, 0) is 36.4 Å². The quantitative estimate of drug-likeness (QED) is 0.722. The van der Waals surface area contributed by atoms with Gasteiger partial charge in [0.05, 0.1) is 16.3 Å². The third kappa shape index (κ3) is 4.29. The third-order valence-corrected chi connectivity index (χ3v) is 3.19. The number of carbonyl (C=O) groups is 1. The SMILES string of the molecule is O=C(Nc1cccc(C(F)(F)F)c1)Nc1cc(Cl)ccc1Cl. The highest BCUT2D eigenvalue weighted by Crippen LogP contribution is 2.31. The lowest BCUT2D eigenvalue weighted by molar-refractivity contribution is -0.137. The van der Waals surface area contributed by atoms with E-state index in [1.165, 1.54) is 24.3 Å². The first kappa shape index (κ1) is 16.5. The highest BCUT2D eigenvalue weighted by molar-refractivity contribution is 6.35. The molecule has 22 heavy (non-hydrogen) atoms. The summed E-state index contributed by atoms with van der Waals surface area (Å²) in [6, 6.07) is 8.01. The van der Waals surface area contributed by atoms with Gasteiger partial charge in [0, 0.05) is 10.7 Å². The number of carbonyl (C=O) groups excluding carboxylic acids is 1. The van der Waals surface area contributed by atoms with Crippen LogP contribution in [0.15, 0.2) is 42.5 Å². The molecule has 2 amide bonds. The molecule has 0 aromatic heterocycles. The second-order valence-electron chi connectivity index (χ2n) is 4.28. The summed E-state index contributed by atoms with van der Waals surface area (Å²) in [6.45, 7) is 0. The summed E-state index contributed by atoms with van der Waals surface area (Å²) >= 11 is 11.7. The van der Waals surface area contributed by atoms with Gasteiger partial charge >= 0.3 is 12.2 Å². The number of nitrogens with one attached hydrogen (secondary N) is 2. The van der Waals surface area contributed by atoms with Crippen LogP contribution in [-0.4, -0.2) is 6.03 Å². The van der Waals surface area contributed by atoms with Crippen LogP contribution in [0.5, 0.6) is 0 Å². The molecule has 8 heteroatoms. The molecule has 0 fully saturated rings. The molecule has 0 bridgehead atoms. The first-order valence-electron chi connectivity index (χ1n) is 5.96. The van der Waals surface area contributed by atoms with Gasteiger partial charge in [-0.3, -0.25) is 0 Å². The van der Waals surface area contributed by atoms with Crippen LogP contribution in [0.3, 0.4) is 0 Å². The zero-order valence-electron chi connectivity index (χ0n) is 10.8. The van der Waals surface area contributed by atoms with Gasteiger partial charge in [-0.15, -0.1) is 0 Å². The van der Waals surface area contributed by atoms with Gasteiger partial charge in [0.1, 0.15) is 0 Å². The Bertz CT molecular complexity index is 705. The number of alkyl halides is 3. The van der Waals surface area contributed by atoms with Gasteiger partial charge in [0.2, 0.25) is 0 Å². The smallest absolute Gasteiger partial charge is 0.308 e. The lowest BCUT2D eigenvalue weighted by Crippen LogP contribution is -2.20. The Morgan fingerprint density at radius 1 is 1.00 bits per heavy atom. The van der Waals surface area contributed by atoms with E-state index in [0.29, 0.717) is 5.02 Å². The molecule has 0 saturated heterocycles. The molecule has 0 saturated carbocycles. The topological polar surface area (TPSA) is 41.1 Å². The third-order valence-electron chi connectivity index (χ3n) is 2.62. The first-order valence-corrected chi connectivity index (χ1v) is 6.71. The van der Waals surface area contributed by atoms with E-state index in [-0.39, 0.29) is 16.4 Å². The van der Waals surface area contributed by atoms with E-state index in [0.717, 1.165) is 12.1 Å². The van der Waals surface area contributed by atoms with Crippen molar-refractivity contribution in [2.24, 2.45) is 0 Å². The van der Waals surface area contributed by atoms with Gasteiger partial charge in [-0.25, -0.2) is 4.79 Å². The van der Waals surface area contributed by atoms with Crippen LogP contribution < -0.4 is 10.6 Å². The molecule has 2 aromatic carbocycles. The van der Waals surface area contributed by atoms with Gasteiger partial charge < -0.3 is 10.6 Å². The molecule has 0 aliphatic rings. The summed E-state index contributed by atoms with van der Waals surface area (Å²) in [5, 5.41) is 5.32. The fourth-order valence-electron chi connectivity index (χ4n) is 1.65. The Morgan fingerprint density at radius 3 is 2.41 bits per heavy atom. The molecule has 3 nitrogen and oxygen atoms in total. The fourth-order valence-corrected chi connectivity index (χ4v) is 1.99. The fraction of sp³-hybridized carbons (Fsp3) is 0.0714. The van der Waals surface area contributed by atoms with Crippen molar-refractivity contribution in [2.75, 3.05) is 10.6 Å². The predicted molar refractivity (Wildman–Crippen MR) is 80.5 cm³/mol. The van der Waals surface area contributed by atoms with Crippen molar-refractivity contribution in [3.63, 3.8) is 0 Å². The Labute approximate surface area is 134 Å². The summed E-state index contributed by atoms with van der Waals surface area (Å²) in [5.74, 6) is 0. The predicted octanol–water partition coefficient (Wildman–Crippen LogP) is 5.66. The van der Waals surface area contributed by atoms with Crippen molar-refractivity contribution >= 4 is 40.6 Å². The molecule has 0 aliphatic carbocycles. The van der Waals surface area contributed by atoms with Gasteiger partial charge in [-0.2, -0.15) is 13.2 Å². The van der Waals surface area contributed by atoms with Crippen molar-refractivity contribution in [1.29, 1.82) is 0 Å². The van der Waals surface area contributed by atoms with E-state index in [2.05, 4.69) is 10.6 Å². The molecule has 2 aromatic rings. The van der Waals surface area contributed by atoms with Gasteiger partial charge in [-0.1, -0.05) is 29.3 Å². The van der Waals surface area contributed by atoms with Gasteiger partial charge in [0.25, 0.3) is 0 Å². The number of hydrogen-bond acceptors (Lipinski definition) is 1. The second kappa shape index (κ2) is 6.46. The summed E-state index contributed by atoms with van der Waals surface area (Å²) in [5.41, 5.74) is -0.602. The summed E-state index contributed by atoms with van der Waals surface area (Å²) < 4.78 is 37.8. The van der Waals surface area contributed by atoms with Crippen LogP contribution in [0.2, 0.25) is 10.0 Å². The molecule has 2 N–H and O–H groups in total. The average molecular weight is 349 g/mol. The highest BCUT2D eigenvalue weighted by atomic mass is 35.5. The van der Waals surface area contributed by atoms with Crippen LogP contribution in [0.25, 0.3) is 0 Å². The van der Waals surface area contributed by atoms with Crippen LogP contribution in [0, 0.1) is 0 Å². The highest BCUT2D eigenvalue weighted by Gasteiger charge is 2.30. The largest absolute Gasteiger partial charge is 0.416 e. The van der Waals surface area contributed by atoms with Crippen molar-refractivity contribution in [3.05, 3.63) is 58.1 Å². The Kier molecular flexibility index (Phi) is 4.83. The number of hydrogen-bond donors (Lipinski definition) is 2. The minimum Gasteiger partial charge on any atom is -0.308 e. The minimum atomic E-state index is -4.48. The maximum atomic E-state index is 12.6. The Balaban J connectivity index is 2.11. The minimum absolute atomic E-state index is 0.00507. The number of anilines is 2. The first-order chi connectivity index (χ1) is 10.3. The Hall–Kier alpha value is -1.92. The number of urea groups is 1. The van der Waals surface area contributed by atoms with Crippen LogP contribution in [0.4, 0.5) is 29.3 Å². The second-order valence-corrected chi connectivity index (χ2v) is 5.13. The van der Waals surface area contributed by atoms with E-state index in [1.54, 1.807) is 6.07 Å². The Morgan fingerprint density at radius 2 is 1.73 bits per heavy atom. The summed E-state index contributed by atoms with van der Waals surface area (Å²) in [7, 11) is 0. The molecular formula is C14H9Cl2F3N2O. The van der Waals surface area contributed by atoms with E-state index >= 15 is 0 Å². The number of amides is 2. The molecule has 0 radical (unpaired) electrons. The zero-order valence-corrected chi connectivity index (χ0v) is 12.4. The molecule has 0 unspecified atom stereocenters.